The SMILES string of the molecule is C=CCC1NCCCOC1=O. The molecule has 0 aromatic heterocycles. The van der Waals surface area contributed by atoms with Crippen LogP contribution in [0.3, 0.4) is 0 Å². The monoisotopic (exact) mass is 155 g/mol. The zero-order valence-electron chi connectivity index (χ0n) is 6.51. The topological polar surface area (TPSA) is 38.3 Å². The Balaban J connectivity index is 2.45. The molecule has 1 aliphatic heterocycles. The van der Waals surface area contributed by atoms with Gasteiger partial charge in [0.15, 0.2) is 0 Å². The summed E-state index contributed by atoms with van der Waals surface area (Å²) in [5, 5.41) is 3.09. The molecule has 11 heavy (non-hydrogen) atoms. The fourth-order valence-electron chi connectivity index (χ4n) is 1.05. The molecule has 0 bridgehead atoms. The van der Waals surface area contributed by atoms with Gasteiger partial charge in [0.05, 0.1) is 6.61 Å². The van der Waals surface area contributed by atoms with Crippen LogP contribution in [0, 0.1) is 0 Å². The second-order valence-electron chi connectivity index (χ2n) is 2.55. The lowest BCUT2D eigenvalue weighted by molar-refractivity contribution is -0.144. The maximum Gasteiger partial charge on any atom is 0.323 e. The van der Waals surface area contributed by atoms with Crippen molar-refractivity contribution in [3.05, 3.63) is 12.7 Å². The van der Waals surface area contributed by atoms with Gasteiger partial charge in [-0.1, -0.05) is 6.08 Å². The number of cyclic esters (lactones) is 1. The number of hydrogen-bond acceptors (Lipinski definition) is 3. The molecule has 0 spiro atoms. The molecule has 1 fully saturated rings. The zero-order valence-corrected chi connectivity index (χ0v) is 6.51. The van der Waals surface area contributed by atoms with E-state index >= 15 is 0 Å². The fourth-order valence-corrected chi connectivity index (χ4v) is 1.05. The van der Waals surface area contributed by atoms with Gasteiger partial charge in [0, 0.05) is 0 Å². The van der Waals surface area contributed by atoms with Crippen molar-refractivity contribution in [3.8, 4) is 0 Å². The summed E-state index contributed by atoms with van der Waals surface area (Å²) in [6.07, 6.45) is 3.28. The van der Waals surface area contributed by atoms with E-state index < -0.39 is 0 Å². The molecule has 3 heteroatoms. The van der Waals surface area contributed by atoms with Crippen molar-refractivity contribution in [2.45, 2.75) is 18.9 Å². The van der Waals surface area contributed by atoms with Crippen molar-refractivity contribution in [1.29, 1.82) is 0 Å². The number of ether oxygens (including phenoxy) is 1. The molecule has 62 valence electrons. The number of rotatable bonds is 2. The van der Waals surface area contributed by atoms with Crippen LogP contribution in [-0.4, -0.2) is 25.2 Å². The van der Waals surface area contributed by atoms with Gasteiger partial charge >= 0.3 is 5.97 Å². The van der Waals surface area contributed by atoms with Gasteiger partial charge in [-0.25, -0.2) is 0 Å². The van der Waals surface area contributed by atoms with Gasteiger partial charge < -0.3 is 10.1 Å². The second kappa shape index (κ2) is 4.13. The Morgan fingerprint density at radius 1 is 1.82 bits per heavy atom. The van der Waals surface area contributed by atoms with Crippen molar-refractivity contribution in [3.63, 3.8) is 0 Å². The predicted octanol–water partition coefficient (Wildman–Crippen LogP) is 0.468. The minimum absolute atomic E-state index is 0.151. The van der Waals surface area contributed by atoms with Gasteiger partial charge in [-0.15, -0.1) is 6.58 Å². The zero-order chi connectivity index (χ0) is 8.10. The smallest absolute Gasteiger partial charge is 0.323 e. The lowest BCUT2D eigenvalue weighted by atomic mass is 10.2. The average molecular weight is 155 g/mol. The molecule has 0 amide bonds. The van der Waals surface area contributed by atoms with E-state index in [0.29, 0.717) is 13.0 Å². The number of nitrogens with one attached hydrogen (secondary N) is 1. The third-order valence-electron chi connectivity index (χ3n) is 1.64. The van der Waals surface area contributed by atoms with Gasteiger partial charge in [-0.3, -0.25) is 4.79 Å². The molecular weight excluding hydrogens is 142 g/mol. The molecule has 1 N–H and O–H groups in total. The molecule has 0 saturated carbocycles. The first kappa shape index (κ1) is 8.27. The molecule has 1 saturated heterocycles. The normalized spacial score (nSPS) is 25.5. The maximum absolute atomic E-state index is 11.1. The highest BCUT2D eigenvalue weighted by molar-refractivity contribution is 5.76. The van der Waals surface area contributed by atoms with Crippen LogP contribution in [-0.2, 0) is 9.53 Å². The summed E-state index contributed by atoms with van der Waals surface area (Å²) in [7, 11) is 0. The van der Waals surface area contributed by atoms with E-state index in [2.05, 4.69) is 11.9 Å². The van der Waals surface area contributed by atoms with Crippen LogP contribution >= 0.6 is 0 Å². The molecule has 1 rings (SSSR count). The Hall–Kier alpha value is -0.830. The molecule has 1 aliphatic rings. The Kier molecular flexibility index (Phi) is 3.11. The largest absolute Gasteiger partial charge is 0.464 e. The van der Waals surface area contributed by atoms with Crippen LogP contribution in [0.1, 0.15) is 12.8 Å². The predicted molar refractivity (Wildman–Crippen MR) is 42.2 cm³/mol. The lowest BCUT2D eigenvalue weighted by Crippen LogP contribution is -2.35. The van der Waals surface area contributed by atoms with E-state index in [-0.39, 0.29) is 12.0 Å². The standard InChI is InChI=1S/C8H13NO2/c1-2-4-7-8(10)11-6-3-5-9-7/h2,7,9H,1,3-6H2. The van der Waals surface area contributed by atoms with Crippen LogP contribution in [0.4, 0.5) is 0 Å². The van der Waals surface area contributed by atoms with E-state index in [1.165, 1.54) is 0 Å². The first-order chi connectivity index (χ1) is 5.34. The molecule has 0 radical (unpaired) electrons. The second-order valence-corrected chi connectivity index (χ2v) is 2.55. The maximum atomic E-state index is 11.1. The number of esters is 1. The summed E-state index contributed by atoms with van der Waals surface area (Å²) in [6, 6.07) is -0.171. The van der Waals surface area contributed by atoms with Crippen LogP contribution in [0.25, 0.3) is 0 Å². The van der Waals surface area contributed by atoms with Gasteiger partial charge in [0.2, 0.25) is 0 Å². The molecule has 1 heterocycles. The molecule has 0 aromatic rings. The highest BCUT2D eigenvalue weighted by Crippen LogP contribution is 2.01. The van der Waals surface area contributed by atoms with Crippen molar-refractivity contribution in [2.24, 2.45) is 0 Å². The van der Waals surface area contributed by atoms with E-state index in [4.69, 9.17) is 4.74 Å². The number of hydrogen-bond donors (Lipinski definition) is 1. The van der Waals surface area contributed by atoms with Gasteiger partial charge in [0.25, 0.3) is 0 Å². The summed E-state index contributed by atoms with van der Waals surface area (Å²) >= 11 is 0. The Bertz CT molecular complexity index is 156. The lowest BCUT2D eigenvalue weighted by Gasteiger charge is -2.09. The third kappa shape index (κ3) is 2.35. The fraction of sp³-hybridized carbons (Fsp3) is 0.625. The molecular formula is C8H13NO2. The van der Waals surface area contributed by atoms with Gasteiger partial charge in [-0.2, -0.15) is 0 Å². The number of carbonyl (C=O) groups is 1. The van der Waals surface area contributed by atoms with Crippen LogP contribution < -0.4 is 5.32 Å². The first-order valence-electron chi connectivity index (χ1n) is 3.85. The summed E-state index contributed by atoms with van der Waals surface area (Å²) in [5.74, 6) is -0.151. The Morgan fingerprint density at radius 3 is 3.36 bits per heavy atom. The van der Waals surface area contributed by atoms with Crippen molar-refractivity contribution in [2.75, 3.05) is 13.2 Å². The molecule has 3 nitrogen and oxygen atoms in total. The van der Waals surface area contributed by atoms with Gasteiger partial charge in [-0.05, 0) is 19.4 Å². The Labute approximate surface area is 66.4 Å². The molecule has 1 atom stereocenters. The van der Waals surface area contributed by atoms with E-state index in [9.17, 15) is 4.79 Å². The van der Waals surface area contributed by atoms with E-state index in [1.807, 2.05) is 0 Å². The Morgan fingerprint density at radius 2 is 2.64 bits per heavy atom. The van der Waals surface area contributed by atoms with Crippen molar-refractivity contribution in [1.82, 2.24) is 5.32 Å². The summed E-state index contributed by atoms with van der Waals surface area (Å²) < 4.78 is 4.92. The van der Waals surface area contributed by atoms with E-state index in [0.717, 1.165) is 13.0 Å². The minimum Gasteiger partial charge on any atom is -0.464 e. The minimum atomic E-state index is -0.171. The van der Waals surface area contributed by atoms with Crippen molar-refractivity contribution >= 4 is 5.97 Å². The average Bonchev–Trinajstić information content (AvgIpc) is 2.18. The third-order valence-corrected chi connectivity index (χ3v) is 1.64. The summed E-state index contributed by atoms with van der Waals surface area (Å²) in [4.78, 5) is 11.1. The van der Waals surface area contributed by atoms with Crippen molar-refractivity contribution < 1.29 is 9.53 Å². The quantitative estimate of drug-likeness (QED) is 0.465. The number of carbonyl (C=O) groups excluding carboxylic acids is 1. The van der Waals surface area contributed by atoms with Crippen LogP contribution in [0.15, 0.2) is 12.7 Å². The van der Waals surface area contributed by atoms with Crippen LogP contribution in [0.5, 0.6) is 0 Å². The highest BCUT2D eigenvalue weighted by Gasteiger charge is 2.19. The van der Waals surface area contributed by atoms with E-state index in [1.54, 1.807) is 6.08 Å². The molecule has 1 unspecified atom stereocenters. The first-order valence-corrected chi connectivity index (χ1v) is 3.85. The molecule has 0 aromatic carbocycles. The summed E-state index contributed by atoms with van der Waals surface area (Å²) in [6.45, 7) is 4.96. The molecule has 0 aliphatic carbocycles. The van der Waals surface area contributed by atoms with Crippen LogP contribution in [0.2, 0.25) is 0 Å². The van der Waals surface area contributed by atoms with Gasteiger partial charge in [0.1, 0.15) is 6.04 Å². The highest BCUT2D eigenvalue weighted by atomic mass is 16.5. The summed E-state index contributed by atoms with van der Waals surface area (Å²) in [5.41, 5.74) is 0.